The molecule has 0 unspecified atom stereocenters. The molecule has 1 aromatic carbocycles. The van der Waals surface area contributed by atoms with Gasteiger partial charge in [0.2, 0.25) is 0 Å². The number of hydrogen-bond donors (Lipinski definition) is 1. The number of aryl methyl sites for hydroxylation is 2. The molecule has 76 valence electrons. The van der Waals surface area contributed by atoms with Gasteiger partial charge in [-0.05, 0) is 25.8 Å². The molecule has 0 radical (unpaired) electrons. The lowest BCUT2D eigenvalue weighted by Crippen LogP contribution is -2.02. The van der Waals surface area contributed by atoms with Crippen LogP contribution in [0, 0.1) is 13.8 Å². The molecule has 0 heterocycles. The van der Waals surface area contributed by atoms with E-state index in [-0.39, 0.29) is 12.4 Å². The summed E-state index contributed by atoms with van der Waals surface area (Å²) in [5.74, 6) is 0.122. The molecule has 14 heavy (non-hydrogen) atoms. The van der Waals surface area contributed by atoms with Crippen LogP contribution in [0.25, 0.3) is 0 Å². The third-order valence-corrected chi connectivity index (χ3v) is 2.24. The summed E-state index contributed by atoms with van der Waals surface area (Å²) in [6, 6.07) is 5.82. The number of ketones is 1. The maximum absolute atomic E-state index is 11.6. The second-order valence-corrected chi connectivity index (χ2v) is 3.57. The van der Waals surface area contributed by atoms with Crippen molar-refractivity contribution in [3.8, 4) is 0 Å². The lowest BCUT2D eigenvalue weighted by atomic mass is 10.00. The normalized spacial score (nSPS) is 10.2. The van der Waals surface area contributed by atoms with Crippen molar-refractivity contribution in [3.63, 3.8) is 0 Å². The summed E-state index contributed by atoms with van der Waals surface area (Å²) in [5, 5.41) is 8.62. The van der Waals surface area contributed by atoms with E-state index in [0.29, 0.717) is 12.8 Å². The minimum atomic E-state index is 0.0800. The highest BCUT2D eigenvalue weighted by molar-refractivity contribution is 5.97. The molecule has 0 atom stereocenters. The molecule has 1 rings (SSSR count). The summed E-state index contributed by atoms with van der Waals surface area (Å²) in [4.78, 5) is 11.6. The predicted octanol–water partition coefficient (Wildman–Crippen LogP) is 2.26. The van der Waals surface area contributed by atoms with Gasteiger partial charge in [-0.25, -0.2) is 0 Å². The first-order valence-electron chi connectivity index (χ1n) is 4.86. The number of aliphatic hydroxyl groups excluding tert-OH is 1. The van der Waals surface area contributed by atoms with Gasteiger partial charge in [-0.2, -0.15) is 0 Å². The Morgan fingerprint density at radius 1 is 1.36 bits per heavy atom. The molecule has 0 spiro atoms. The highest BCUT2D eigenvalue weighted by Gasteiger charge is 2.07. The van der Waals surface area contributed by atoms with Gasteiger partial charge < -0.3 is 5.11 Å². The van der Waals surface area contributed by atoms with Crippen molar-refractivity contribution in [2.24, 2.45) is 0 Å². The van der Waals surface area contributed by atoms with Gasteiger partial charge in [-0.3, -0.25) is 4.79 Å². The molecule has 0 bridgehead atoms. The summed E-state index contributed by atoms with van der Waals surface area (Å²) in [5.41, 5.74) is 2.97. The van der Waals surface area contributed by atoms with Crippen molar-refractivity contribution in [1.82, 2.24) is 0 Å². The van der Waals surface area contributed by atoms with E-state index in [1.165, 1.54) is 5.56 Å². The Morgan fingerprint density at radius 3 is 2.64 bits per heavy atom. The fourth-order valence-corrected chi connectivity index (χ4v) is 1.50. The van der Waals surface area contributed by atoms with E-state index in [2.05, 4.69) is 0 Å². The molecule has 0 aromatic heterocycles. The quantitative estimate of drug-likeness (QED) is 0.743. The molecule has 1 N–H and O–H groups in total. The first kappa shape index (κ1) is 10.9. The zero-order valence-corrected chi connectivity index (χ0v) is 8.71. The van der Waals surface area contributed by atoms with Crippen LogP contribution in [0.5, 0.6) is 0 Å². The molecule has 2 heteroatoms. The molecular formula is C12H16O2. The van der Waals surface area contributed by atoms with Crippen LogP contribution < -0.4 is 0 Å². The first-order valence-corrected chi connectivity index (χ1v) is 4.86. The molecule has 0 fully saturated rings. The van der Waals surface area contributed by atoms with Crippen molar-refractivity contribution in [3.05, 3.63) is 34.9 Å². The number of rotatable bonds is 4. The van der Waals surface area contributed by atoms with E-state index in [9.17, 15) is 4.79 Å². The van der Waals surface area contributed by atoms with Gasteiger partial charge in [0, 0.05) is 18.6 Å². The fourth-order valence-electron chi connectivity index (χ4n) is 1.50. The predicted molar refractivity (Wildman–Crippen MR) is 56.6 cm³/mol. The Kier molecular flexibility index (Phi) is 3.84. The standard InChI is InChI=1S/C12H16O2/c1-9-5-6-11(10(2)8-9)12(14)4-3-7-13/h5-6,8,13H,3-4,7H2,1-2H3. The lowest BCUT2D eigenvalue weighted by Gasteiger charge is -2.04. The average Bonchev–Trinajstić information content (AvgIpc) is 2.14. The van der Waals surface area contributed by atoms with Crippen LogP contribution >= 0.6 is 0 Å². The number of benzene rings is 1. The Labute approximate surface area is 84.6 Å². The zero-order valence-electron chi connectivity index (χ0n) is 8.71. The van der Waals surface area contributed by atoms with E-state index in [1.54, 1.807) is 0 Å². The van der Waals surface area contributed by atoms with Gasteiger partial charge in [0.1, 0.15) is 0 Å². The molecule has 0 aliphatic rings. The van der Waals surface area contributed by atoms with E-state index in [1.807, 2.05) is 32.0 Å². The van der Waals surface area contributed by atoms with Crippen LogP contribution in [-0.2, 0) is 0 Å². The summed E-state index contributed by atoms with van der Waals surface area (Å²) < 4.78 is 0. The summed E-state index contributed by atoms with van der Waals surface area (Å²) in [6.07, 6.45) is 0.979. The lowest BCUT2D eigenvalue weighted by molar-refractivity contribution is 0.0970. The average molecular weight is 192 g/mol. The van der Waals surface area contributed by atoms with Gasteiger partial charge in [-0.15, -0.1) is 0 Å². The topological polar surface area (TPSA) is 37.3 Å². The van der Waals surface area contributed by atoms with Crippen LogP contribution in [0.4, 0.5) is 0 Å². The Hall–Kier alpha value is -1.15. The van der Waals surface area contributed by atoms with Gasteiger partial charge >= 0.3 is 0 Å². The monoisotopic (exact) mass is 192 g/mol. The molecule has 2 nitrogen and oxygen atoms in total. The zero-order chi connectivity index (χ0) is 10.6. The Bertz CT molecular complexity index is 329. The third kappa shape index (κ3) is 2.67. The molecule has 0 amide bonds. The Morgan fingerprint density at radius 2 is 2.07 bits per heavy atom. The number of carbonyl (C=O) groups is 1. The van der Waals surface area contributed by atoms with Gasteiger partial charge in [0.05, 0.1) is 0 Å². The third-order valence-electron chi connectivity index (χ3n) is 2.24. The molecule has 0 saturated heterocycles. The van der Waals surface area contributed by atoms with Crippen molar-refractivity contribution >= 4 is 5.78 Å². The van der Waals surface area contributed by atoms with Crippen LogP contribution in [0.3, 0.4) is 0 Å². The van der Waals surface area contributed by atoms with Crippen LogP contribution in [0.1, 0.15) is 34.3 Å². The second kappa shape index (κ2) is 4.91. The maximum atomic E-state index is 11.6. The minimum Gasteiger partial charge on any atom is -0.396 e. The first-order chi connectivity index (χ1) is 6.65. The molecule has 1 aromatic rings. The van der Waals surface area contributed by atoms with E-state index in [4.69, 9.17) is 5.11 Å². The number of hydrogen-bond acceptors (Lipinski definition) is 2. The smallest absolute Gasteiger partial charge is 0.163 e. The van der Waals surface area contributed by atoms with Crippen molar-refractivity contribution in [2.45, 2.75) is 26.7 Å². The van der Waals surface area contributed by atoms with E-state index >= 15 is 0 Å². The number of carbonyl (C=O) groups excluding carboxylic acids is 1. The van der Waals surface area contributed by atoms with Crippen LogP contribution in [-0.4, -0.2) is 17.5 Å². The van der Waals surface area contributed by atoms with Crippen molar-refractivity contribution in [2.75, 3.05) is 6.61 Å². The molecule has 0 aliphatic carbocycles. The summed E-state index contributed by atoms with van der Waals surface area (Å²) in [6.45, 7) is 4.03. The molecule has 0 aliphatic heterocycles. The van der Waals surface area contributed by atoms with E-state index in [0.717, 1.165) is 11.1 Å². The van der Waals surface area contributed by atoms with Crippen LogP contribution in [0.15, 0.2) is 18.2 Å². The minimum absolute atomic E-state index is 0.0800. The van der Waals surface area contributed by atoms with Gasteiger partial charge in [0.15, 0.2) is 5.78 Å². The number of aliphatic hydroxyl groups is 1. The number of Topliss-reactive ketones (excluding diaryl/α,β-unsaturated/α-hetero) is 1. The molecular weight excluding hydrogens is 176 g/mol. The highest BCUT2D eigenvalue weighted by Crippen LogP contribution is 2.13. The van der Waals surface area contributed by atoms with Crippen molar-refractivity contribution in [1.29, 1.82) is 0 Å². The second-order valence-electron chi connectivity index (χ2n) is 3.57. The van der Waals surface area contributed by atoms with Crippen LogP contribution in [0.2, 0.25) is 0 Å². The summed E-state index contributed by atoms with van der Waals surface area (Å²) in [7, 11) is 0. The SMILES string of the molecule is Cc1ccc(C(=O)CCCO)c(C)c1. The fraction of sp³-hybridized carbons (Fsp3) is 0.417. The van der Waals surface area contributed by atoms with E-state index < -0.39 is 0 Å². The van der Waals surface area contributed by atoms with Gasteiger partial charge in [0.25, 0.3) is 0 Å². The Balaban J connectivity index is 2.80. The molecule has 0 saturated carbocycles. The maximum Gasteiger partial charge on any atom is 0.163 e. The largest absolute Gasteiger partial charge is 0.396 e. The highest BCUT2D eigenvalue weighted by atomic mass is 16.3. The summed E-state index contributed by atoms with van der Waals surface area (Å²) >= 11 is 0. The van der Waals surface area contributed by atoms with Crippen molar-refractivity contribution < 1.29 is 9.90 Å². The van der Waals surface area contributed by atoms with Gasteiger partial charge in [-0.1, -0.05) is 23.8 Å².